The number of nitrogens with zero attached hydrogens (tertiary/aromatic N) is 1. The molecule has 0 aromatic heterocycles. The molecule has 3 aromatic carbocycles. The topological polar surface area (TPSA) is 61.7 Å². The smallest absolute Gasteiger partial charge is 0.244 e. The van der Waals surface area contributed by atoms with Crippen LogP contribution in [0.4, 0.5) is 0 Å². The molecule has 26 heavy (non-hydrogen) atoms. The minimum absolute atomic E-state index is 0.0804. The lowest BCUT2D eigenvalue weighted by atomic mass is 9.95. The fourth-order valence-corrected chi connectivity index (χ4v) is 3.54. The summed E-state index contributed by atoms with van der Waals surface area (Å²) in [5.41, 5.74) is 4.29. The number of carbonyl (C=O) groups is 1. The van der Waals surface area contributed by atoms with Crippen LogP contribution in [0.1, 0.15) is 24.5 Å². The van der Waals surface area contributed by atoms with Gasteiger partial charge in [0.2, 0.25) is 5.91 Å². The zero-order chi connectivity index (χ0) is 18.1. The summed E-state index contributed by atoms with van der Waals surface area (Å²) in [6.45, 7) is 2.10. The average Bonchev–Trinajstić information content (AvgIpc) is 3.37. The number of fused-ring (bicyclic) bond motifs is 1. The molecule has 0 bridgehead atoms. The predicted octanol–water partition coefficient (Wildman–Crippen LogP) is 3.97. The number of phenols is 1. The third kappa shape index (κ3) is 2.84. The first-order valence-corrected chi connectivity index (χ1v) is 8.69. The van der Waals surface area contributed by atoms with Crippen molar-refractivity contribution in [2.45, 2.75) is 18.8 Å². The van der Waals surface area contributed by atoms with E-state index >= 15 is 0 Å². The van der Waals surface area contributed by atoms with Gasteiger partial charge >= 0.3 is 0 Å². The summed E-state index contributed by atoms with van der Waals surface area (Å²) in [6.07, 6.45) is 2.33. The molecule has 2 unspecified atom stereocenters. The summed E-state index contributed by atoms with van der Waals surface area (Å²) in [7, 11) is 0. The predicted molar refractivity (Wildman–Crippen MR) is 103 cm³/mol. The van der Waals surface area contributed by atoms with Crippen LogP contribution in [0.2, 0.25) is 0 Å². The van der Waals surface area contributed by atoms with E-state index in [0.717, 1.165) is 17.2 Å². The summed E-state index contributed by atoms with van der Waals surface area (Å²) < 4.78 is 0. The number of hydrogen-bond donors (Lipinski definition) is 2. The van der Waals surface area contributed by atoms with Crippen LogP contribution < -0.4 is 5.43 Å². The molecule has 0 heterocycles. The van der Waals surface area contributed by atoms with Crippen molar-refractivity contribution in [3.63, 3.8) is 0 Å². The van der Waals surface area contributed by atoms with Crippen molar-refractivity contribution in [2.24, 2.45) is 11.0 Å². The number of carbonyl (C=O) groups excluding carboxylic acids is 1. The van der Waals surface area contributed by atoms with Crippen molar-refractivity contribution in [3.05, 3.63) is 77.9 Å². The SMILES string of the molecule is CC1(c2ccccc2)CC1C(=O)NN=Cc1c(O)ccc2ccccc12. The molecule has 3 aromatic rings. The maximum atomic E-state index is 12.4. The molecular formula is C22H20N2O2. The average molecular weight is 344 g/mol. The Labute approximate surface area is 152 Å². The van der Waals surface area contributed by atoms with Crippen molar-refractivity contribution in [2.75, 3.05) is 0 Å². The fourth-order valence-electron chi connectivity index (χ4n) is 3.54. The highest BCUT2D eigenvalue weighted by molar-refractivity contribution is 6.02. The molecule has 1 aliphatic carbocycles. The van der Waals surface area contributed by atoms with Gasteiger partial charge in [-0.15, -0.1) is 0 Å². The number of benzene rings is 3. The standard InChI is InChI=1S/C22H20N2O2/c1-22(16-8-3-2-4-9-16)13-19(22)21(26)24-23-14-18-17-10-6-5-7-15(17)11-12-20(18)25/h2-12,14,19,25H,13H2,1H3,(H,24,26). The highest BCUT2D eigenvalue weighted by Crippen LogP contribution is 2.53. The molecule has 0 saturated heterocycles. The Morgan fingerprint density at radius 3 is 2.65 bits per heavy atom. The molecule has 1 aliphatic rings. The monoisotopic (exact) mass is 344 g/mol. The number of aromatic hydroxyl groups is 1. The molecule has 0 radical (unpaired) electrons. The van der Waals surface area contributed by atoms with Gasteiger partial charge in [-0.2, -0.15) is 5.10 Å². The Bertz CT molecular complexity index is 997. The van der Waals surface area contributed by atoms with Crippen LogP contribution >= 0.6 is 0 Å². The second kappa shape index (κ2) is 6.30. The van der Waals surface area contributed by atoms with Crippen LogP contribution in [0.5, 0.6) is 5.75 Å². The van der Waals surface area contributed by atoms with Gasteiger partial charge in [0.1, 0.15) is 5.75 Å². The van der Waals surface area contributed by atoms with E-state index in [9.17, 15) is 9.90 Å². The van der Waals surface area contributed by atoms with E-state index in [2.05, 4.69) is 29.6 Å². The molecule has 0 spiro atoms. The lowest BCUT2D eigenvalue weighted by molar-refractivity contribution is -0.122. The summed E-state index contributed by atoms with van der Waals surface area (Å²) in [4.78, 5) is 12.4. The second-order valence-corrected chi connectivity index (χ2v) is 6.99. The van der Waals surface area contributed by atoms with Gasteiger partial charge in [-0.25, -0.2) is 5.43 Å². The Morgan fingerprint density at radius 2 is 1.85 bits per heavy atom. The van der Waals surface area contributed by atoms with E-state index in [4.69, 9.17) is 0 Å². The van der Waals surface area contributed by atoms with Gasteiger partial charge in [-0.3, -0.25) is 4.79 Å². The first kappa shape index (κ1) is 16.3. The Morgan fingerprint density at radius 1 is 1.12 bits per heavy atom. The first-order chi connectivity index (χ1) is 12.6. The van der Waals surface area contributed by atoms with Crippen LogP contribution in [0.3, 0.4) is 0 Å². The molecule has 2 N–H and O–H groups in total. The van der Waals surface area contributed by atoms with Crippen molar-refractivity contribution in [1.82, 2.24) is 5.43 Å². The molecule has 1 fully saturated rings. The molecule has 1 amide bonds. The first-order valence-electron chi connectivity index (χ1n) is 8.69. The highest BCUT2D eigenvalue weighted by Gasteiger charge is 2.55. The van der Waals surface area contributed by atoms with Crippen molar-refractivity contribution in [1.29, 1.82) is 0 Å². The van der Waals surface area contributed by atoms with Gasteiger partial charge in [0.25, 0.3) is 0 Å². The Balaban J connectivity index is 1.49. The third-order valence-corrected chi connectivity index (χ3v) is 5.30. The van der Waals surface area contributed by atoms with E-state index in [1.807, 2.05) is 48.5 Å². The minimum Gasteiger partial charge on any atom is -0.507 e. The van der Waals surface area contributed by atoms with Gasteiger partial charge in [0.05, 0.1) is 12.1 Å². The van der Waals surface area contributed by atoms with Crippen molar-refractivity contribution >= 4 is 22.9 Å². The maximum absolute atomic E-state index is 12.4. The molecule has 0 aliphatic heterocycles. The van der Waals surface area contributed by atoms with Crippen LogP contribution in [0.25, 0.3) is 10.8 Å². The van der Waals surface area contributed by atoms with Gasteiger partial charge in [-0.05, 0) is 28.8 Å². The number of nitrogens with one attached hydrogen (secondary N) is 1. The summed E-state index contributed by atoms with van der Waals surface area (Å²) >= 11 is 0. The second-order valence-electron chi connectivity index (χ2n) is 6.99. The van der Waals surface area contributed by atoms with E-state index in [0.29, 0.717) is 5.56 Å². The van der Waals surface area contributed by atoms with Gasteiger partial charge in [-0.1, -0.05) is 67.6 Å². The van der Waals surface area contributed by atoms with E-state index in [1.165, 1.54) is 11.8 Å². The van der Waals surface area contributed by atoms with Crippen LogP contribution in [-0.4, -0.2) is 17.2 Å². The highest BCUT2D eigenvalue weighted by atomic mass is 16.3. The fraction of sp³-hybridized carbons (Fsp3) is 0.182. The number of phenolic OH excluding ortho intramolecular Hbond substituents is 1. The van der Waals surface area contributed by atoms with Crippen LogP contribution in [0.15, 0.2) is 71.8 Å². The molecular weight excluding hydrogens is 324 g/mol. The van der Waals surface area contributed by atoms with Gasteiger partial charge in [0, 0.05) is 11.0 Å². The summed E-state index contributed by atoms with van der Waals surface area (Å²) in [5.74, 6) is -0.0299. The zero-order valence-electron chi connectivity index (χ0n) is 14.5. The number of hydrazone groups is 1. The quantitative estimate of drug-likeness (QED) is 0.556. The molecule has 1 saturated carbocycles. The normalized spacial score (nSPS) is 21.8. The molecule has 4 rings (SSSR count). The van der Waals surface area contributed by atoms with Crippen molar-refractivity contribution < 1.29 is 9.90 Å². The van der Waals surface area contributed by atoms with Gasteiger partial charge < -0.3 is 5.11 Å². The van der Waals surface area contributed by atoms with Crippen LogP contribution in [0, 0.1) is 5.92 Å². The van der Waals surface area contributed by atoms with Gasteiger partial charge in [0.15, 0.2) is 0 Å². The molecule has 4 heteroatoms. The minimum atomic E-state index is -0.123. The molecule has 4 nitrogen and oxygen atoms in total. The van der Waals surface area contributed by atoms with E-state index in [-0.39, 0.29) is 23.0 Å². The lowest BCUT2D eigenvalue weighted by Gasteiger charge is -2.10. The summed E-state index contributed by atoms with van der Waals surface area (Å²) in [5, 5.41) is 16.1. The largest absolute Gasteiger partial charge is 0.507 e. The zero-order valence-corrected chi connectivity index (χ0v) is 14.5. The van der Waals surface area contributed by atoms with E-state index in [1.54, 1.807) is 6.07 Å². The molecule has 2 atom stereocenters. The lowest BCUT2D eigenvalue weighted by Crippen LogP contribution is -2.23. The number of hydrogen-bond acceptors (Lipinski definition) is 3. The van der Waals surface area contributed by atoms with Crippen LogP contribution in [-0.2, 0) is 10.2 Å². The van der Waals surface area contributed by atoms with E-state index < -0.39 is 0 Å². The number of amides is 1. The molecule has 130 valence electrons. The van der Waals surface area contributed by atoms with Crippen molar-refractivity contribution in [3.8, 4) is 5.75 Å². The Kier molecular flexibility index (Phi) is 3.96. The summed E-state index contributed by atoms with van der Waals surface area (Å²) in [6, 6.07) is 21.3. The number of rotatable bonds is 4. The maximum Gasteiger partial charge on any atom is 0.244 e. The Hall–Kier alpha value is -3.14. The third-order valence-electron chi connectivity index (χ3n) is 5.30.